The Hall–Kier alpha value is -0.0600. The quantitative estimate of drug-likeness (QED) is 0.630. The smallest absolute Gasteiger partial charge is 0.196 e. The predicted octanol–water partition coefficient (Wildman–Crippen LogP) is 2.10. The van der Waals surface area contributed by atoms with Gasteiger partial charge in [0.2, 0.25) is 0 Å². The molecule has 0 atom stereocenters. The predicted molar refractivity (Wildman–Crippen MR) is 62.1 cm³/mol. The molecule has 1 aliphatic carbocycles. The standard InChI is InChI=1S/C11H20O3S/c1-11(2,8-14-9-4-5-9)10(12)15-7-6-13-3/h9H,4-8H2,1-3H3. The molecule has 0 aromatic heterocycles. The lowest BCUT2D eigenvalue weighted by Crippen LogP contribution is -2.28. The maximum Gasteiger partial charge on any atom is 0.196 e. The van der Waals surface area contributed by atoms with Crippen molar-refractivity contribution in [1.82, 2.24) is 0 Å². The van der Waals surface area contributed by atoms with Crippen molar-refractivity contribution in [2.75, 3.05) is 26.1 Å². The Kier molecular flexibility index (Phi) is 5.09. The monoisotopic (exact) mass is 232 g/mol. The molecule has 0 N–H and O–H groups in total. The van der Waals surface area contributed by atoms with E-state index >= 15 is 0 Å². The minimum Gasteiger partial charge on any atom is -0.384 e. The van der Waals surface area contributed by atoms with E-state index in [0.29, 0.717) is 19.3 Å². The molecule has 1 saturated carbocycles. The first-order valence-corrected chi connectivity index (χ1v) is 6.32. The van der Waals surface area contributed by atoms with Crippen LogP contribution in [-0.4, -0.2) is 37.3 Å². The summed E-state index contributed by atoms with van der Waals surface area (Å²) in [5.41, 5.74) is -0.374. The lowest BCUT2D eigenvalue weighted by molar-refractivity contribution is -0.121. The lowest BCUT2D eigenvalue weighted by atomic mass is 9.97. The summed E-state index contributed by atoms with van der Waals surface area (Å²) < 4.78 is 10.5. The average Bonchev–Trinajstić information content (AvgIpc) is 2.98. The van der Waals surface area contributed by atoms with Gasteiger partial charge in [0.25, 0.3) is 0 Å². The Labute approximate surface area is 95.9 Å². The Morgan fingerprint density at radius 3 is 2.67 bits per heavy atom. The van der Waals surface area contributed by atoms with Crippen molar-refractivity contribution >= 4 is 16.9 Å². The molecule has 0 aliphatic heterocycles. The summed E-state index contributed by atoms with van der Waals surface area (Å²) in [4.78, 5) is 11.8. The Morgan fingerprint density at radius 2 is 2.13 bits per heavy atom. The molecule has 4 heteroatoms. The second-order valence-corrected chi connectivity index (χ2v) is 5.59. The SMILES string of the molecule is COCCSC(=O)C(C)(C)COC1CC1. The molecule has 0 aromatic rings. The van der Waals surface area contributed by atoms with Gasteiger partial charge in [0.1, 0.15) is 0 Å². The van der Waals surface area contributed by atoms with E-state index in [1.807, 2.05) is 13.8 Å². The zero-order chi connectivity index (χ0) is 11.3. The van der Waals surface area contributed by atoms with Crippen LogP contribution >= 0.6 is 11.8 Å². The van der Waals surface area contributed by atoms with E-state index in [9.17, 15) is 4.79 Å². The number of methoxy groups -OCH3 is 1. The first-order valence-electron chi connectivity index (χ1n) is 5.34. The Balaban J connectivity index is 2.20. The van der Waals surface area contributed by atoms with Gasteiger partial charge >= 0.3 is 0 Å². The average molecular weight is 232 g/mol. The summed E-state index contributed by atoms with van der Waals surface area (Å²) in [6.45, 7) is 5.04. The van der Waals surface area contributed by atoms with Gasteiger partial charge in [-0.3, -0.25) is 4.79 Å². The molecule has 0 saturated heterocycles. The molecule has 1 aliphatic rings. The highest BCUT2D eigenvalue weighted by Gasteiger charge is 2.31. The molecule has 0 aromatic carbocycles. The summed E-state index contributed by atoms with van der Waals surface area (Å²) >= 11 is 1.34. The number of carbonyl (C=O) groups excluding carboxylic acids is 1. The van der Waals surface area contributed by atoms with Gasteiger partial charge in [0, 0.05) is 12.9 Å². The van der Waals surface area contributed by atoms with Crippen LogP contribution in [0.4, 0.5) is 0 Å². The summed E-state index contributed by atoms with van der Waals surface area (Å²) in [6.07, 6.45) is 2.73. The van der Waals surface area contributed by atoms with E-state index in [1.54, 1.807) is 7.11 Å². The molecular formula is C11H20O3S. The van der Waals surface area contributed by atoms with Crippen LogP contribution in [0.15, 0.2) is 0 Å². The van der Waals surface area contributed by atoms with Crippen LogP contribution in [0.25, 0.3) is 0 Å². The highest BCUT2D eigenvalue weighted by Crippen LogP contribution is 2.29. The molecular weight excluding hydrogens is 212 g/mol. The van der Waals surface area contributed by atoms with Gasteiger partial charge in [-0.1, -0.05) is 11.8 Å². The van der Waals surface area contributed by atoms with Gasteiger partial charge in [0.15, 0.2) is 5.12 Å². The molecule has 1 rings (SSSR count). The highest BCUT2D eigenvalue weighted by molar-refractivity contribution is 8.13. The second kappa shape index (κ2) is 5.87. The molecule has 0 heterocycles. The number of hydrogen-bond acceptors (Lipinski definition) is 4. The number of carbonyl (C=O) groups is 1. The van der Waals surface area contributed by atoms with E-state index < -0.39 is 0 Å². The largest absolute Gasteiger partial charge is 0.384 e. The fraction of sp³-hybridized carbons (Fsp3) is 0.909. The van der Waals surface area contributed by atoms with E-state index in [1.165, 1.54) is 11.8 Å². The number of thioether (sulfide) groups is 1. The van der Waals surface area contributed by atoms with Crippen LogP contribution in [0, 0.1) is 5.41 Å². The van der Waals surface area contributed by atoms with Crippen molar-refractivity contribution in [2.24, 2.45) is 5.41 Å². The molecule has 0 amide bonds. The summed E-state index contributed by atoms with van der Waals surface area (Å²) in [5, 5.41) is 0.195. The maximum absolute atomic E-state index is 11.8. The highest BCUT2D eigenvalue weighted by atomic mass is 32.2. The third kappa shape index (κ3) is 5.00. The molecule has 0 bridgehead atoms. The Bertz CT molecular complexity index is 212. The molecule has 0 radical (unpaired) electrons. The van der Waals surface area contributed by atoms with Gasteiger partial charge in [-0.05, 0) is 26.7 Å². The van der Waals surface area contributed by atoms with Gasteiger partial charge in [-0.2, -0.15) is 0 Å². The lowest BCUT2D eigenvalue weighted by Gasteiger charge is -2.22. The molecule has 0 spiro atoms. The summed E-state index contributed by atoms with van der Waals surface area (Å²) in [7, 11) is 1.65. The van der Waals surface area contributed by atoms with Crippen LogP contribution in [-0.2, 0) is 14.3 Å². The van der Waals surface area contributed by atoms with Gasteiger partial charge < -0.3 is 9.47 Å². The maximum atomic E-state index is 11.8. The van der Waals surface area contributed by atoms with Crippen LogP contribution in [0.1, 0.15) is 26.7 Å². The molecule has 0 unspecified atom stereocenters. The first-order chi connectivity index (χ1) is 7.06. The van der Waals surface area contributed by atoms with E-state index in [2.05, 4.69) is 0 Å². The van der Waals surface area contributed by atoms with Crippen LogP contribution in [0.5, 0.6) is 0 Å². The number of ether oxygens (including phenoxy) is 2. The summed E-state index contributed by atoms with van der Waals surface area (Å²) in [6, 6.07) is 0. The summed E-state index contributed by atoms with van der Waals surface area (Å²) in [5.74, 6) is 0.724. The molecule has 88 valence electrons. The van der Waals surface area contributed by atoms with Crippen molar-refractivity contribution in [3.05, 3.63) is 0 Å². The normalized spacial score (nSPS) is 16.7. The number of rotatable bonds is 7. The zero-order valence-electron chi connectivity index (χ0n) is 9.75. The third-order valence-corrected chi connectivity index (χ3v) is 3.46. The van der Waals surface area contributed by atoms with Crippen molar-refractivity contribution in [1.29, 1.82) is 0 Å². The van der Waals surface area contributed by atoms with Crippen LogP contribution in [0.3, 0.4) is 0 Å². The topological polar surface area (TPSA) is 35.5 Å². The van der Waals surface area contributed by atoms with Crippen molar-refractivity contribution in [2.45, 2.75) is 32.8 Å². The fourth-order valence-electron chi connectivity index (χ4n) is 1.03. The molecule has 3 nitrogen and oxygen atoms in total. The van der Waals surface area contributed by atoms with E-state index in [4.69, 9.17) is 9.47 Å². The van der Waals surface area contributed by atoms with Crippen LogP contribution in [0.2, 0.25) is 0 Å². The minimum atomic E-state index is -0.374. The first kappa shape index (κ1) is 13.0. The Morgan fingerprint density at radius 1 is 1.47 bits per heavy atom. The van der Waals surface area contributed by atoms with Gasteiger partial charge in [0.05, 0.1) is 24.7 Å². The fourth-order valence-corrected chi connectivity index (χ4v) is 1.92. The molecule has 15 heavy (non-hydrogen) atoms. The van der Waals surface area contributed by atoms with Crippen LogP contribution < -0.4 is 0 Å². The van der Waals surface area contributed by atoms with Crippen molar-refractivity contribution in [3.63, 3.8) is 0 Å². The van der Waals surface area contributed by atoms with Crippen molar-refractivity contribution < 1.29 is 14.3 Å². The van der Waals surface area contributed by atoms with E-state index in [0.717, 1.165) is 18.6 Å². The zero-order valence-corrected chi connectivity index (χ0v) is 10.6. The minimum absolute atomic E-state index is 0.195. The van der Waals surface area contributed by atoms with Gasteiger partial charge in [-0.15, -0.1) is 0 Å². The second-order valence-electron chi connectivity index (χ2n) is 4.52. The van der Waals surface area contributed by atoms with Crippen molar-refractivity contribution in [3.8, 4) is 0 Å². The third-order valence-electron chi connectivity index (χ3n) is 2.28. The molecule has 1 fully saturated rings. The number of hydrogen-bond donors (Lipinski definition) is 0. The van der Waals surface area contributed by atoms with E-state index in [-0.39, 0.29) is 10.5 Å². The van der Waals surface area contributed by atoms with Gasteiger partial charge in [-0.25, -0.2) is 0 Å².